The van der Waals surface area contributed by atoms with E-state index in [0.29, 0.717) is 17.3 Å². The SMILES string of the molecule is COc1cc2c(CCNC(C)=O)c3n(c2cc1Cl)Cc1ccccc1-3. The predicted molar refractivity (Wildman–Crippen MR) is 100 cm³/mol. The van der Waals surface area contributed by atoms with Crippen molar-refractivity contribution in [3.05, 3.63) is 52.5 Å². The van der Waals surface area contributed by atoms with Crippen molar-refractivity contribution < 1.29 is 9.53 Å². The number of carbonyl (C=O) groups is 1. The number of fused-ring (bicyclic) bond motifs is 5. The molecular formula is C20H19ClN2O2. The van der Waals surface area contributed by atoms with Crippen molar-refractivity contribution in [2.45, 2.75) is 19.9 Å². The third-order valence-corrected chi connectivity index (χ3v) is 5.09. The molecule has 5 heteroatoms. The van der Waals surface area contributed by atoms with E-state index < -0.39 is 0 Å². The summed E-state index contributed by atoms with van der Waals surface area (Å²) in [4.78, 5) is 11.3. The van der Waals surface area contributed by atoms with E-state index in [2.05, 4.69) is 34.1 Å². The molecule has 0 saturated heterocycles. The molecule has 2 aromatic carbocycles. The number of ether oxygens (including phenoxy) is 1. The zero-order valence-electron chi connectivity index (χ0n) is 14.2. The molecule has 1 aromatic heterocycles. The van der Waals surface area contributed by atoms with Gasteiger partial charge in [-0.15, -0.1) is 0 Å². The Kier molecular flexibility index (Phi) is 3.92. The van der Waals surface area contributed by atoms with Gasteiger partial charge in [0, 0.05) is 31.0 Å². The van der Waals surface area contributed by atoms with Gasteiger partial charge in [0.2, 0.25) is 5.91 Å². The van der Waals surface area contributed by atoms with Gasteiger partial charge in [-0.25, -0.2) is 0 Å². The van der Waals surface area contributed by atoms with Crippen molar-refractivity contribution in [3.63, 3.8) is 0 Å². The zero-order chi connectivity index (χ0) is 17.6. The summed E-state index contributed by atoms with van der Waals surface area (Å²) >= 11 is 6.38. The van der Waals surface area contributed by atoms with Crippen LogP contribution in [0.5, 0.6) is 5.75 Å². The highest BCUT2D eigenvalue weighted by molar-refractivity contribution is 6.33. The maximum absolute atomic E-state index is 11.3. The molecular weight excluding hydrogens is 336 g/mol. The Labute approximate surface area is 151 Å². The third-order valence-electron chi connectivity index (χ3n) is 4.79. The fraction of sp³-hybridized carbons (Fsp3) is 0.250. The second-order valence-corrected chi connectivity index (χ2v) is 6.71. The molecule has 4 nitrogen and oxygen atoms in total. The normalized spacial score (nSPS) is 12.1. The van der Waals surface area contributed by atoms with Crippen molar-refractivity contribution >= 4 is 28.4 Å². The highest BCUT2D eigenvalue weighted by atomic mass is 35.5. The zero-order valence-corrected chi connectivity index (χ0v) is 15.0. The smallest absolute Gasteiger partial charge is 0.216 e. The van der Waals surface area contributed by atoms with Gasteiger partial charge in [0.15, 0.2) is 0 Å². The van der Waals surface area contributed by atoms with Gasteiger partial charge in [0.25, 0.3) is 0 Å². The van der Waals surface area contributed by atoms with Crippen LogP contribution in [0.4, 0.5) is 0 Å². The van der Waals surface area contributed by atoms with Crippen LogP contribution < -0.4 is 10.1 Å². The van der Waals surface area contributed by atoms with E-state index in [9.17, 15) is 4.79 Å². The van der Waals surface area contributed by atoms with Crippen LogP contribution in [0.1, 0.15) is 18.1 Å². The van der Waals surface area contributed by atoms with Crippen molar-refractivity contribution in [2.24, 2.45) is 0 Å². The minimum absolute atomic E-state index is 0.0128. The Bertz CT molecular complexity index is 991. The van der Waals surface area contributed by atoms with E-state index in [1.807, 2.05) is 12.1 Å². The van der Waals surface area contributed by atoms with Crippen molar-refractivity contribution in [1.29, 1.82) is 0 Å². The van der Waals surface area contributed by atoms with Crippen LogP contribution >= 0.6 is 11.6 Å². The summed E-state index contributed by atoms with van der Waals surface area (Å²) in [5.41, 5.74) is 6.12. The van der Waals surface area contributed by atoms with E-state index in [1.165, 1.54) is 22.4 Å². The number of carbonyl (C=O) groups excluding carboxylic acids is 1. The van der Waals surface area contributed by atoms with Crippen LogP contribution in [-0.2, 0) is 17.8 Å². The summed E-state index contributed by atoms with van der Waals surface area (Å²) in [6.07, 6.45) is 0.761. The van der Waals surface area contributed by atoms with Crippen LogP contribution in [0.3, 0.4) is 0 Å². The van der Waals surface area contributed by atoms with E-state index in [0.717, 1.165) is 23.9 Å². The van der Waals surface area contributed by atoms with Gasteiger partial charge < -0.3 is 14.6 Å². The van der Waals surface area contributed by atoms with Crippen LogP contribution in [0.15, 0.2) is 36.4 Å². The van der Waals surface area contributed by atoms with Crippen LogP contribution in [-0.4, -0.2) is 24.1 Å². The summed E-state index contributed by atoms with van der Waals surface area (Å²) < 4.78 is 7.72. The molecule has 3 aromatic rings. The molecule has 0 unspecified atom stereocenters. The quantitative estimate of drug-likeness (QED) is 0.601. The van der Waals surface area contributed by atoms with E-state index in [-0.39, 0.29) is 5.91 Å². The number of hydrogen-bond acceptors (Lipinski definition) is 2. The largest absolute Gasteiger partial charge is 0.495 e. The molecule has 128 valence electrons. The minimum Gasteiger partial charge on any atom is -0.495 e. The topological polar surface area (TPSA) is 43.3 Å². The summed E-state index contributed by atoms with van der Waals surface area (Å²) in [5.74, 6) is 0.661. The number of halogens is 1. The molecule has 1 aliphatic rings. The maximum Gasteiger partial charge on any atom is 0.216 e. The van der Waals surface area contributed by atoms with Crippen molar-refractivity contribution in [1.82, 2.24) is 9.88 Å². The average Bonchev–Trinajstić information content (AvgIpc) is 3.10. The number of hydrogen-bond donors (Lipinski definition) is 1. The monoisotopic (exact) mass is 354 g/mol. The van der Waals surface area contributed by atoms with Gasteiger partial charge in [-0.05, 0) is 29.7 Å². The number of rotatable bonds is 4. The minimum atomic E-state index is -0.0128. The number of nitrogens with zero attached hydrogens (tertiary/aromatic N) is 1. The van der Waals surface area contributed by atoms with Crippen molar-refractivity contribution in [3.8, 4) is 17.0 Å². The molecule has 1 aliphatic heterocycles. The Morgan fingerprint density at radius 2 is 2.12 bits per heavy atom. The summed E-state index contributed by atoms with van der Waals surface area (Å²) in [7, 11) is 1.63. The second kappa shape index (κ2) is 6.12. The Balaban J connectivity index is 1.92. The maximum atomic E-state index is 11.3. The van der Waals surface area contributed by atoms with Gasteiger partial charge in [0.05, 0.1) is 23.3 Å². The molecule has 0 saturated carbocycles. The third kappa shape index (κ3) is 2.57. The lowest BCUT2D eigenvalue weighted by molar-refractivity contribution is -0.118. The fourth-order valence-corrected chi connectivity index (χ4v) is 3.96. The molecule has 4 rings (SSSR count). The van der Waals surface area contributed by atoms with Gasteiger partial charge in [-0.1, -0.05) is 35.9 Å². The summed E-state index contributed by atoms with van der Waals surface area (Å²) in [6, 6.07) is 12.4. The molecule has 0 aliphatic carbocycles. The Hall–Kier alpha value is -2.46. The molecule has 2 heterocycles. The standard InChI is InChI=1S/C20H19ClN2O2/c1-12(24)22-8-7-15-16-9-19(25-2)17(21)10-18(16)23-11-13-5-3-4-6-14(13)20(15)23/h3-6,9-10H,7-8,11H2,1-2H3,(H,22,24). The lowest BCUT2D eigenvalue weighted by Crippen LogP contribution is -2.22. The molecule has 0 bridgehead atoms. The first kappa shape index (κ1) is 16.0. The molecule has 25 heavy (non-hydrogen) atoms. The highest BCUT2D eigenvalue weighted by Gasteiger charge is 2.26. The lowest BCUT2D eigenvalue weighted by atomic mass is 10.00. The van der Waals surface area contributed by atoms with Gasteiger partial charge in [-0.2, -0.15) is 0 Å². The van der Waals surface area contributed by atoms with Crippen LogP contribution in [0, 0.1) is 0 Å². The second-order valence-electron chi connectivity index (χ2n) is 6.31. The number of benzene rings is 2. The lowest BCUT2D eigenvalue weighted by Gasteiger charge is -2.08. The molecule has 1 amide bonds. The van der Waals surface area contributed by atoms with Crippen molar-refractivity contribution in [2.75, 3.05) is 13.7 Å². The molecule has 0 fully saturated rings. The number of nitrogens with one attached hydrogen (secondary N) is 1. The first-order valence-corrected chi connectivity index (χ1v) is 8.69. The van der Waals surface area contributed by atoms with E-state index in [4.69, 9.17) is 16.3 Å². The number of methoxy groups -OCH3 is 1. The van der Waals surface area contributed by atoms with Gasteiger partial charge in [-0.3, -0.25) is 4.79 Å². The first-order chi connectivity index (χ1) is 12.1. The van der Waals surface area contributed by atoms with Crippen LogP contribution in [0.2, 0.25) is 5.02 Å². The Morgan fingerprint density at radius 1 is 1.32 bits per heavy atom. The van der Waals surface area contributed by atoms with E-state index in [1.54, 1.807) is 14.0 Å². The van der Waals surface area contributed by atoms with Crippen LogP contribution in [0.25, 0.3) is 22.2 Å². The molecule has 0 atom stereocenters. The molecule has 0 radical (unpaired) electrons. The number of amides is 1. The first-order valence-electron chi connectivity index (χ1n) is 8.31. The Morgan fingerprint density at radius 3 is 2.88 bits per heavy atom. The highest BCUT2D eigenvalue weighted by Crippen LogP contribution is 2.43. The molecule has 0 spiro atoms. The van der Waals surface area contributed by atoms with Gasteiger partial charge in [0.1, 0.15) is 5.75 Å². The fourth-order valence-electron chi connectivity index (χ4n) is 3.72. The van der Waals surface area contributed by atoms with Gasteiger partial charge >= 0.3 is 0 Å². The summed E-state index contributed by atoms with van der Waals surface area (Å²) in [5, 5.41) is 4.64. The average molecular weight is 355 g/mol. The molecule has 1 N–H and O–H groups in total. The number of aromatic nitrogens is 1. The summed E-state index contributed by atoms with van der Waals surface area (Å²) in [6.45, 7) is 2.99. The predicted octanol–water partition coefficient (Wildman–Crippen LogP) is 4.01. The van der Waals surface area contributed by atoms with E-state index >= 15 is 0 Å².